The molecule has 4 heterocycles. The predicted molar refractivity (Wildman–Crippen MR) is 147 cm³/mol. The molecule has 7 nitrogen and oxygen atoms in total. The van der Waals surface area contributed by atoms with Crippen molar-refractivity contribution in [2.24, 2.45) is 5.92 Å². The summed E-state index contributed by atoms with van der Waals surface area (Å²) in [5.74, 6) is 1.09. The van der Waals surface area contributed by atoms with Gasteiger partial charge in [-0.3, -0.25) is 19.3 Å². The number of nitrogens with zero attached hydrogens (tertiary/aromatic N) is 3. The first-order chi connectivity index (χ1) is 19.2. The van der Waals surface area contributed by atoms with Crippen LogP contribution < -0.4 is 19.9 Å². The van der Waals surface area contributed by atoms with E-state index in [2.05, 4.69) is 23.2 Å². The number of pyridine rings is 1. The van der Waals surface area contributed by atoms with E-state index in [0.29, 0.717) is 19.1 Å². The largest absolute Gasteiger partial charge is 0.490 e. The average molecular weight is 520 g/mol. The molecule has 1 fully saturated rings. The highest BCUT2D eigenvalue weighted by Crippen LogP contribution is 2.41. The maximum atomic E-state index is 14.0. The number of hydrogen-bond acceptors (Lipinski definition) is 5. The van der Waals surface area contributed by atoms with Crippen LogP contribution in [0.15, 0.2) is 102 Å². The fourth-order valence-corrected chi connectivity index (χ4v) is 5.96. The predicted octanol–water partition coefficient (Wildman–Crippen LogP) is 4.74. The summed E-state index contributed by atoms with van der Waals surface area (Å²) >= 11 is 0. The second-order valence-corrected chi connectivity index (χ2v) is 10.5. The van der Waals surface area contributed by atoms with Crippen LogP contribution in [0.5, 0.6) is 11.5 Å². The van der Waals surface area contributed by atoms with Crippen LogP contribution in [0.25, 0.3) is 0 Å². The smallest absolute Gasteiger partial charge is 0.277 e. The molecule has 4 bridgehead atoms. The Kier molecular flexibility index (Phi) is 5.84. The van der Waals surface area contributed by atoms with Crippen LogP contribution in [-0.2, 0) is 6.61 Å². The third kappa shape index (κ3) is 4.24. The fourth-order valence-electron chi connectivity index (χ4n) is 5.96. The molecule has 1 aromatic heterocycles. The van der Waals surface area contributed by atoms with Crippen molar-refractivity contribution in [3.05, 3.63) is 130 Å². The van der Waals surface area contributed by atoms with Crippen LogP contribution in [0.2, 0.25) is 0 Å². The van der Waals surface area contributed by atoms with E-state index in [9.17, 15) is 9.59 Å². The highest BCUT2D eigenvalue weighted by molar-refractivity contribution is 5.96. The Morgan fingerprint density at radius 2 is 1.56 bits per heavy atom. The molecule has 8 rings (SSSR count). The molecule has 196 valence electrons. The lowest BCUT2D eigenvalue weighted by atomic mass is 9.81. The Bertz CT molecular complexity index is 1560. The molecule has 39 heavy (non-hydrogen) atoms. The molecule has 1 saturated carbocycles. The van der Waals surface area contributed by atoms with Gasteiger partial charge in [-0.05, 0) is 36.0 Å². The van der Waals surface area contributed by atoms with Crippen molar-refractivity contribution in [3.63, 3.8) is 0 Å². The molecule has 0 spiro atoms. The van der Waals surface area contributed by atoms with E-state index in [0.717, 1.165) is 35.3 Å². The summed E-state index contributed by atoms with van der Waals surface area (Å²) in [6.07, 6.45) is 3.62. The number of para-hydroxylation sites is 1. The van der Waals surface area contributed by atoms with E-state index in [1.54, 1.807) is 6.20 Å². The van der Waals surface area contributed by atoms with Crippen LogP contribution in [0.4, 0.5) is 0 Å². The minimum absolute atomic E-state index is 0.0822. The third-order valence-corrected chi connectivity index (χ3v) is 7.93. The maximum absolute atomic E-state index is 14.0. The van der Waals surface area contributed by atoms with Crippen LogP contribution in [0.3, 0.4) is 0 Å². The minimum Gasteiger partial charge on any atom is -0.490 e. The number of benzene rings is 3. The van der Waals surface area contributed by atoms with Gasteiger partial charge in [0, 0.05) is 24.4 Å². The zero-order valence-electron chi connectivity index (χ0n) is 21.5. The zero-order valence-corrected chi connectivity index (χ0v) is 21.5. The quantitative estimate of drug-likeness (QED) is 0.390. The number of amides is 1. The van der Waals surface area contributed by atoms with Gasteiger partial charge in [-0.1, -0.05) is 78.9 Å². The highest BCUT2D eigenvalue weighted by Gasteiger charge is 2.42. The average Bonchev–Trinajstić information content (AvgIpc) is 2.99. The summed E-state index contributed by atoms with van der Waals surface area (Å²) in [5, 5.41) is 2.14. The topological polar surface area (TPSA) is 64.0 Å². The normalized spacial score (nSPS) is 21.5. The van der Waals surface area contributed by atoms with Crippen LogP contribution in [0, 0.1) is 5.92 Å². The first-order valence-corrected chi connectivity index (χ1v) is 13.4. The van der Waals surface area contributed by atoms with E-state index < -0.39 is 0 Å². The van der Waals surface area contributed by atoms with Crippen LogP contribution >= 0.6 is 0 Å². The van der Waals surface area contributed by atoms with Gasteiger partial charge in [0.05, 0.1) is 6.10 Å². The number of carbonyl (C=O) groups is 1. The molecule has 1 atom stereocenters. The van der Waals surface area contributed by atoms with E-state index >= 15 is 0 Å². The molecule has 0 unspecified atom stereocenters. The minimum atomic E-state index is -0.305. The van der Waals surface area contributed by atoms with Gasteiger partial charge in [0.2, 0.25) is 5.43 Å². The highest BCUT2D eigenvalue weighted by atomic mass is 16.5. The molecule has 0 radical (unpaired) electrons. The number of aromatic nitrogens is 1. The molecule has 3 aromatic carbocycles. The molecule has 0 N–H and O–H groups in total. The van der Waals surface area contributed by atoms with Gasteiger partial charge in [-0.25, -0.2) is 0 Å². The Morgan fingerprint density at radius 1 is 0.846 bits per heavy atom. The summed E-state index contributed by atoms with van der Waals surface area (Å²) in [7, 11) is 0. The van der Waals surface area contributed by atoms with Gasteiger partial charge < -0.3 is 14.4 Å². The van der Waals surface area contributed by atoms with E-state index in [1.807, 2.05) is 76.3 Å². The van der Waals surface area contributed by atoms with Crippen molar-refractivity contribution in [1.82, 2.24) is 9.58 Å². The molecular formula is C32H29N3O4. The first kappa shape index (κ1) is 23.6. The van der Waals surface area contributed by atoms with Crippen molar-refractivity contribution in [3.8, 4) is 11.5 Å². The Morgan fingerprint density at radius 3 is 2.36 bits per heavy atom. The molecule has 4 aromatic rings. The lowest BCUT2D eigenvalue weighted by Gasteiger charge is -2.45. The summed E-state index contributed by atoms with van der Waals surface area (Å²) in [6.45, 7) is 1.18. The number of hydrogen-bond donors (Lipinski definition) is 0. The summed E-state index contributed by atoms with van der Waals surface area (Å²) in [4.78, 5) is 29.1. The van der Waals surface area contributed by atoms with Gasteiger partial charge in [-0.15, -0.1) is 0 Å². The molecular weight excluding hydrogens is 490 g/mol. The zero-order chi connectivity index (χ0) is 26.3. The third-order valence-electron chi connectivity index (χ3n) is 7.93. The van der Waals surface area contributed by atoms with Crippen molar-refractivity contribution < 1.29 is 14.3 Å². The van der Waals surface area contributed by atoms with Crippen molar-refractivity contribution in [2.45, 2.75) is 31.6 Å². The number of ether oxygens (including phenoxy) is 2. The molecule has 4 aliphatic rings. The molecule has 7 heteroatoms. The second kappa shape index (κ2) is 9.66. The standard InChI is InChI=1S/C32H29N3O4/c36-27-15-16-34-30(31(27)38-20-22-9-3-1-4-10-22)32(37)33-19-23-17-25(18-23)39-28-14-8-7-13-26(28)29(35(34)21-33)24-11-5-2-6-12-24/h1-16,23,25,29H,17-21H2/t23?,25?,29-/m0/s1. The van der Waals surface area contributed by atoms with Gasteiger partial charge in [0.1, 0.15) is 25.1 Å². The van der Waals surface area contributed by atoms with E-state index in [1.165, 1.54) is 6.07 Å². The van der Waals surface area contributed by atoms with E-state index in [-0.39, 0.29) is 41.5 Å². The lowest BCUT2D eigenvalue weighted by molar-refractivity contribution is 0.0342. The molecule has 1 amide bonds. The number of rotatable bonds is 4. The second-order valence-electron chi connectivity index (χ2n) is 10.5. The number of carbonyl (C=O) groups excluding carboxylic acids is 1. The molecule has 0 saturated heterocycles. The Balaban J connectivity index is 1.41. The van der Waals surface area contributed by atoms with Crippen LogP contribution in [0.1, 0.15) is 46.1 Å². The molecule has 3 aliphatic heterocycles. The maximum Gasteiger partial charge on any atom is 0.277 e. The van der Waals surface area contributed by atoms with E-state index in [4.69, 9.17) is 9.47 Å². The molecule has 1 aliphatic carbocycles. The van der Waals surface area contributed by atoms with Crippen molar-refractivity contribution in [1.29, 1.82) is 0 Å². The fraction of sp³-hybridized carbons (Fsp3) is 0.250. The first-order valence-electron chi connectivity index (χ1n) is 13.4. The number of fused-ring (bicyclic) bond motifs is 1. The lowest BCUT2D eigenvalue weighted by Crippen LogP contribution is -2.57. The summed E-state index contributed by atoms with van der Waals surface area (Å²) in [6, 6.07) is 29.3. The van der Waals surface area contributed by atoms with Crippen molar-refractivity contribution >= 4 is 5.91 Å². The Labute approximate surface area is 226 Å². The monoisotopic (exact) mass is 519 g/mol. The van der Waals surface area contributed by atoms with Gasteiger partial charge in [-0.2, -0.15) is 0 Å². The Hall–Kier alpha value is -4.52. The van der Waals surface area contributed by atoms with Gasteiger partial charge in [0.25, 0.3) is 5.91 Å². The van der Waals surface area contributed by atoms with Crippen molar-refractivity contribution in [2.75, 3.05) is 18.2 Å². The SMILES string of the molecule is O=C1c2c(OCc3ccccc3)c(=O)ccn2N2CN1CC1CC(C1)Oc1ccccc1[C@@H]2c1ccccc1. The van der Waals surface area contributed by atoms with Crippen LogP contribution in [-0.4, -0.2) is 34.8 Å². The summed E-state index contributed by atoms with van der Waals surface area (Å²) < 4.78 is 14.5. The summed E-state index contributed by atoms with van der Waals surface area (Å²) in [5.41, 5.74) is 2.96. The van der Waals surface area contributed by atoms with Gasteiger partial charge >= 0.3 is 0 Å². The van der Waals surface area contributed by atoms with Gasteiger partial charge in [0.15, 0.2) is 11.4 Å².